The number of likely N-dealkylation sites (tertiary alicyclic amines) is 1. The summed E-state index contributed by atoms with van der Waals surface area (Å²) in [6, 6.07) is 6.26. The largest absolute Gasteiger partial charge is 0.340 e. The molecule has 0 saturated carbocycles. The van der Waals surface area contributed by atoms with Crippen molar-refractivity contribution in [1.82, 2.24) is 19.8 Å². The lowest BCUT2D eigenvalue weighted by Gasteiger charge is -2.21. The molecule has 2 aromatic rings. The van der Waals surface area contributed by atoms with Gasteiger partial charge in [-0.05, 0) is 44.0 Å². The Morgan fingerprint density at radius 1 is 1.38 bits per heavy atom. The highest BCUT2D eigenvalue weighted by molar-refractivity contribution is 7.99. The highest BCUT2D eigenvalue weighted by atomic mass is 32.2. The smallest absolute Gasteiger partial charge is 0.223 e. The second-order valence-electron chi connectivity index (χ2n) is 5.86. The van der Waals surface area contributed by atoms with Crippen molar-refractivity contribution in [3.05, 3.63) is 30.1 Å². The lowest BCUT2D eigenvalue weighted by Crippen LogP contribution is -2.33. The molecule has 1 amide bonds. The van der Waals surface area contributed by atoms with Gasteiger partial charge in [-0.25, -0.2) is 9.07 Å². The van der Waals surface area contributed by atoms with E-state index in [4.69, 9.17) is 5.84 Å². The number of nitrogen functional groups attached to an aromatic ring is 1. The summed E-state index contributed by atoms with van der Waals surface area (Å²) < 4.78 is 14.4. The van der Waals surface area contributed by atoms with Crippen LogP contribution in [0.25, 0.3) is 11.4 Å². The molecule has 1 aromatic heterocycles. The first-order valence-electron chi connectivity index (χ1n) is 7.95. The van der Waals surface area contributed by atoms with E-state index in [1.807, 2.05) is 4.90 Å². The molecule has 2 heterocycles. The summed E-state index contributed by atoms with van der Waals surface area (Å²) in [5.41, 5.74) is 0.695. The third-order valence-electron chi connectivity index (χ3n) is 4.19. The zero-order valence-corrected chi connectivity index (χ0v) is 14.3. The monoisotopic (exact) mass is 349 g/mol. The van der Waals surface area contributed by atoms with Gasteiger partial charge in [0.05, 0.1) is 0 Å². The predicted molar refractivity (Wildman–Crippen MR) is 91.3 cm³/mol. The first-order chi connectivity index (χ1) is 11.6. The number of halogens is 1. The van der Waals surface area contributed by atoms with Crippen LogP contribution < -0.4 is 5.84 Å². The average molecular weight is 349 g/mol. The normalized spacial score (nSPS) is 17.4. The van der Waals surface area contributed by atoms with E-state index < -0.39 is 0 Å². The highest BCUT2D eigenvalue weighted by Crippen LogP contribution is 2.23. The summed E-state index contributed by atoms with van der Waals surface area (Å²) in [6.45, 7) is 2.94. The van der Waals surface area contributed by atoms with Gasteiger partial charge in [0.1, 0.15) is 5.82 Å². The van der Waals surface area contributed by atoms with Gasteiger partial charge < -0.3 is 10.7 Å². The Bertz CT molecular complexity index is 718. The number of hydrogen-bond acceptors (Lipinski definition) is 5. The van der Waals surface area contributed by atoms with Gasteiger partial charge in [0.15, 0.2) is 5.82 Å². The fourth-order valence-corrected chi connectivity index (χ4v) is 3.63. The molecule has 1 aromatic carbocycles. The molecule has 1 aliphatic heterocycles. The van der Waals surface area contributed by atoms with Crippen LogP contribution in [-0.4, -0.2) is 44.0 Å². The van der Waals surface area contributed by atoms with E-state index >= 15 is 0 Å². The minimum Gasteiger partial charge on any atom is -0.340 e. The number of nitrogens with zero attached hydrogens (tertiary/aromatic N) is 4. The minimum absolute atomic E-state index is 0.175. The Kier molecular flexibility index (Phi) is 5.03. The third kappa shape index (κ3) is 3.53. The lowest BCUT2D eigenvalue weighted by molar-refractivity contribution is -0.131. The van der Waals surface area contributed by atoms with Crippen LogP contribution in [-0.2, 0) is 4.79 Å². The van der Waals surface area contributed by atoms with E-state index in [0.717, 1.165) is 19.4 Å². The number of carbonyl (C=O) groups is 1. The van der Waals surface area contributed by atoms with Crippen LogP contribution >= 0.6 is 11.8 Å². The third-order valence-corrected chi connectivity index (χ3v) is 5.13. The van der Waals surface area contributed by atoms with Crippen LogP contribution in [0, 0.1) is 5.82 Å². The van der Waals surface area contributed by atoms with Crippen LogP contribution in [0.15, 0.2) is 29.4 Å². The number of thioether (sulfide) groups is 1. The Hall–Kier alpha value is -2.09. The maximum absolute atomic E-state index is 13.0. The van der Waals surface area contributed by atoms with Crippen LogP contribution in [0.1, 0.15) is 26.2 Å². The van der Waals surface area contributed by atoms with Crippen molar-refractivity contribution in [3.8, 4) is 11.4 Å². The van der Waals surface area contributed by atoms with E-state index in [1.165, 1.54) is 28.6 Å². The topological polar surface area (TPSA) is 77.0 Å². The number of aromatic nitrogens is 3. The number of amides is 1. The number of rotatable bonds is 5. The molecular weight excluding hydrogens is 329 g/mol. The van der Waals surface area contributed by atoms with Crippen LogP contribution in [0.4, 0.5) is 4.39 Å². The van der Waals surface area contributed by atoms with E-state index in [9.17, 15) is 9.18 Å². The zero-order valence-electron chi connectivity index (χ0n) is 13.5. The molecule has 6 nitrogen and oxygen atoms in total. The number of hydrogen-bond donors (Lipinski definition) is 1. The first-order valence-corrected chi connectivity index (χ1v) is 8.93. The number of carbonyl (C=O) groups excluding carboxylic acids is 1. The van der Waals surface area contributed by atoms with Gasteiger partial charge in [0.2, 0.25) is 11.1 Å². The van der Waals surface area contributed by atoms with Gasteiger partial charge >= 0.3 is 0 Å². The molecule has 1 unspecified atom stereocenters. The molecule has 1 fully saturated rings. The molecule has 24 heavy (non-hydrogen) atoms. The zero-order chi connectivity index (χ0) is 17.1. The molecule has 1 saturated heterocycles. The minimum atomic E-state index is -0.314. The van der Waals surface area contributed by atoms with E-state index in [1.54, 1.807) is 12.1 Å². The van der Waals surface area contributed by atoms with Crippen molar-refractivity contribution in [2.45, 2.75) is 37.4 Å². The van der Waals surface area contributed by atoms with Gasteiger partial charge in [-0.3, -0.25) is 4.79 Å². The molecule has 0 bridgehead atoms. The van der Waals surface area contributed by atoms with Crippen molar-refractivity contribution >= 4 is 17.7 Å². The molecule has 1 aliphatic rings. The van der Waals surface area contributed by atoms with Crippen LogP contribution in [0.3, 0.4) is 0 Å². The molecule has 2 N–H and O–H groups in total. The SMILES string of the molecule is CC1CCCN1C(=O)CCSc1nnc(-c2ccc(F)cc2)n1N. The van der Waals surface area contributed by atoms with E-state index in [2.05, 4.69) is 17.1 Å². The molecule has 0 radical (unpaired) electrons. The Labute approximate surface area is 144 Å². The highest BCUT2D eigenvalue weighted by Gasteiger charge is 2.24. The van der Waals surface area contributed by atoms with Crippen LogP contribution in [0.5, 0.6) is 0 Å². The summed E-state index contributed by atoms with van der Waals surface area (Å²) >= 11 is 1.40. The van der Waals surface area contributed by atoms with Crippen molar-refractivity contribution in [2.75, 3.05) is 18.1 Å². The number of nitrogens with two attached hydrogens (primary N) is 1. The van der Waals surface area contributed by atoms with E-state index in [0.29, 0.717) is 34.8 Å². The fraction of sp³-hybridized carbons (Fsp3) is 0.438. The first kappa shape index (κ1) is 16.8. The van der Waals surface area contributed by atoms with Gasteiger partial charge in [0.25, 0.3) is 0 Å². The summed E-state index contributed by atoms with van der Waals surface area (Å²) in [6.07, 6.45) is 2.61. The second kappa shape index (κ2) is 7.21. The molecule has 8 heteroatoms. The Morgan fingerprint density at radius 3 is 2.79 bits per heavy atom. The molecular formula is C16H20FN5OS. The van der Waals surface area contributed by atoms with Gasteiger partial charge in [-0.1, -0.05) is 11.8 Å². The summed E-state index contributed by atoms with van der Waals surface area (Å²) in [4.78, 5) is 14.1. The molecule has 128 valence electrons. The maximum Gasteiger partial charge on any atom is 0.223 e. The molecule has 1 atom stereocenters. The molecule has 3 rings (SSSR count). The Balaban J connectivity index is 1.58. The van der Waals surface area contributed by atoms with Crippen LogP contribution in [0.2, 0.25) is 0 Å². The summed E-state index contributed by atoms with van der Waals surface area (Å²) in [5.74, 6) is 6.95. The lowest BCUT2D eigenvalue weighted by atomic mass is 10.2. The predicted octanol–water partition coefficient (Wildman–Crippen LogP) is 2.29. The average Bonchev–Trinajstić information content (AvgIpc) is 3.15. The van der Waals surface area contributed by atoms with Gasteiger partial charge in [0, 0.05) is 30.3 Å². The standard InChI is InChI=1S/C16H20FN5OS/c1-11-3-2-9-21(11)14(23)8-10-24-16-20-19-15(22(16)18)12-4-6-13(17)7-5-12/h4-7,11H,2-3,8-10,18H2,1H3. The molecule has 0 spiro atoms. The molecule has 0 aliphatic carbocycles. The van der Waals surface area contributed by atoms with Crippen molar-refractivity contribution in [1.29, 1.82) is 0 Å². The number of benzene rings is 1. The van der Waals surface area contributed by atoms with Crippen molar-refractivity contribution < 1.29 is 9.18 Å². The van der Waals surface area contributed by atoms with E-state index in [-0.39, 0.29) is 11.7 Å². The van der Waals surface area contributed by atoms with Crippen molar-refractivity contribution in [3.63, 3.8) is 0 Å². The van der Waals surface area contributed by atoms with Gasteiger partial charge in [-0.2, -0.15) is 0 Å². The second-order valence-corrected chi connectivity index (χ2v) is 6.92. The quantitative estimate of drug-likeness (QED) is 0.662. The fourth-order valence-electron chi connectivity index (χ4n) is 2.85. The summed E-state index contributed by atoms with van der Waals surface area (Å²) in [7, 11) is 0. The summed E-state index contributed by atoms with van der Waals surface area (Å²) in [5, 5.41) is 8.65. The Morgan fingerprint density at radius 2 is 2.12 bits per heavy atom. The van der Waals surface area contributed by atoms with Gasteiger partial charge in [-0.15, -0.1) is 10.2 Å². The maximum atomic E-state index is 13.0. The van der Waals surface area contributed by atoms with Crippen molar-refractivity contribution in [2.24, 2.45) is 0 Å².